The van der Waals surface area contributed by atoms with Crippen molar-refractivity contribution in [2.45, 2.75) is 37.9 Å². The van der Waals surface area contributed by atoms with Gasteiger partial charge >= 0.3 is 5.97 Å². The first-order chi connectivity index (χ1) is 10.0. The van der Waals surface area contributed by atoms with Crippen molar-refractivity contribution in [1.82, 2.24) is 9.55 Å². The summed E-state index contributed by atoms with van der Waals surface area (Å²) in [7, 11) is 0. The van der Waals surface area contributed by atoms with Gasteiger partial charge in [0.15, 0.2) is 5.16 Å². The van der Waals surface area contributed by atoms with Crippen LogP contribution in [-0.2, 0) is 4.79 Å². The van der Waals surface area contributed by atoms with E-state index in [0.29, 0.717) is 16.1 Å². The molecule has 2 aromatic rings. The van der Waals surface area contributed by atoms with Gasteiger partial charge in [0, 0.05) is 6.04 Å². The number of hydrogen-bond donors (Lipinski definition) is 1. The summed E-state index contributed by atoms with van der Waals surface area (Å²) in [6.45, 7) is 4.02. The van der Waals surface area contributed by atoms with Crippen molar-refractivity contribution in [3.05, 3.63) is 34.6 Å². The first-order valence-corrected chi connectivity index (χ1v) is 7.89. The lowest BCUT2D eigenvalue weighted by atomic mass is 10.2. The molecular weight excluding hydrogens is 288 g/mol. The van der Waals surface area contributed by atoms with Gasteiger partial charge in [-0.15, -0.1) is 0 Å². The molecule has 0 saturated carbocycles. The van der Waals surface area contributed by atoms with E-state index in [2.05, 4.69) is 11.9 Å². The molecule has 0 saturated heterocycles. The molecule has 5 nitrogen and oxygen atoms in total. The van der Waals surface area contributed by atoms with E-state index in [1.165, 1.54) is 0 Å². The van der Waals surface area contributed by atoms with Crippen molar-refractivity contribution in [3.63, 3.8) is 0 Å². The van der Waals surface area contributed by atoms with E-state index >= 15 is 0 Å². The van der Waals surface area contributed by atoms with Crippen molar-refractivity contribution in [2.75, 3.05) is 5.75 Å². The lowest BCUT2D eigenvalue weighted by Crippen LogP contribution is -2.26. The standard InChI is InChI=1S/C15H18N2O3S/c1-3-6-10(2)17-14(20)11-7-4-5-8-12(11)16-15(17)21-9-13(18)19/h4-5,7-8,10H,3,6,9H2,1-2H3,(H,18,19). The van der Waals surface area contributed by atoms with E-state index < -0.39 is 5.97 Å². The number of thioether (sulfide) groups is 1. The zero-order chi connectivity index (χ0) is 15.4. The number of rotatable bonds is 6. The number of fused-ring (bicyclic) bond motifs is 1. The number of carboxylic acids is 1. The van der Waals surface area contributed by atoms with E-state index in [-0.39, 0.29) is 17.4 Å². The number of hydrogen-bond acceptors (Lipinski definition) is 4. The highest BCUT2D eigenvalue weighted by atomic mass is 32.2. The maximum absolute atomic E-state index is 12.7. The second-order valence-electron chi connectivity index (χ2n) is 4.91. The molecule has 0 aliphatic carbocycles. The molecule has 1 heterocycles. The minimum absolute atomic E-state index is 0.00380. The summed E-state index contributed by atoms with van der Waals surface area (Å²) in [4.78, 5) is 27.9. The lowest BCUT2D eigenvalue weighted by molar-refractivity contribution is -0.133. The predicted molar refractivity (Wildman–Crippen MR) is 84.0 cm³/mol. The summed E-state index contributed by atoms with van der Waals surface area (Å²) in [6, 6.07) is 7.16. The lowest BCUT2D eigenvalue weighted by Gasteiger charge is -2.18. The number of carboxylic acid groups (broad SMARTS) is 1. The van der Waals surface area contributed by atoms with Crippen molar-refractivity contribution in [3.8, 4) is 0 Å². The monoisotopic (exact) mass is 306 g/mol. The van der Waals surface area contributed by atoms with E-state index in [1.807, 2.05) is 19.1 Å². The highest BCUT2D eigenvalue weighted by Crippen LogP contribution is 2.22. The Morgan fingerprint density at radius 3 is 2.81 bits per heavy atom. The number of aliphatic carboxylic acids is 1. The third kappa shape index (κ3) is 3.44. The first kappa shape index (κ1) is 15.6. The zero-order valence-electron chi connectivity index (χ0n) is 12.1. The van der Waals surface area contributed by atoms with Gasteiger partial charge in [-0.1, -0.05) is 37.2 Å². The van der Waals surface area contributed by atoms with E-state index in [4.69, 9.17) is 5.11 Å². The largest absolute Gasteiger partial charge is 0.481 e. The van der Waals surface area contributed by atoms with Crippen LogP contribution in [-0.4, -0.2) is 26.4 Å². The molecule has 1 aromatic carbocycles. The van der Waals surface area contributed by atoms with Gasteiger partial charge in [-0.3, -0.25) is 14.2 Å². The fourth-order valence-corrected chi connectivity index (χ4v) is 3.11. The van der Waals surface area contributed by atoms with Crippen LogP contribution in [0.5, 0.6) is 0 Å². The molecule has 2 rings (SSSR count). The average Bonchev–Trinajstić information content (AvgIpc) is 2.45. The Bertz CT molecular complexity index is 712. The van der Waals surface area contributed by atoms with E-state index in [1.54, 1.807) is 16.7 Å². The maximum Gasteiger partial charge on any atom is 0.313 e. The van der Waals surface area contributed by atoms with Crippen molar-refractivity contribution in [1.29, 1.82) is 0 Å². The molecule has 0 amide bonds. The van der Waals surface area contributed by atoms with Crippen LogP contribution in [0.3, 0.4) is 0 Å². The SMILES string of the molecule is CCCC(C)n1c(SCC(=O)O)nc2ccccc2c1=O. The molecule has 0 spiro atoms. The summed E-state index contributed by atoms with van der Waals surface area (Å²) in [5, 5.41) is 9.90. The quantitative estimate of drug-likeness (QED) is 0.656. The van der Waals surface area contributed by atoms with Gasteiger partial charge in [0.1, 0.15) is 0 Å². The molecule has 21 heavy (non-hydrogen) atoms. The Labute approximate surface area is 127 Å². The Morgan fingerprint density at radius 1 is 1.43 bits per heavy atom. The molecule has 0 aliphatic rings. The topological polar surface area (TPSA) is 72.2 Å². The second kappa shape index (κ2) is 6.76. The highest BCUT2D eigenvalue weighted by molar-refractivity contribution is 7.99. The number of para-hydroxylation sites is 1. The van der Waals surface area contributed by atoms with Gasteiger partial charge in [-0.2, -0.15) is 0 Å². The predicted octanol–water partition coefficient (Wildman–Crippen LogP) is 2.93. The van der Waals surface area contributed by atoms with Gasteiger partial charge in [0.2, 0.25) is 0 Å². The van der Waals surface area contributed by atoms with Crippen LogP contribution in [0.2, 0.25) is 0 Å². The van der Waals surface area contributed by atoms with E-state index in [0.717, 1.165) is 24.6 Å². The van der Waals surface area contributed by atoms with Gasteiger partial charge < -0.3 is 5.11 Å². The summed E-state index contributed by atoms with van der Waals surface area (Å²) >= 11 is 1.09. The third-order valence-corrected chi connectivity index (χ3v) is 4.18. The number of nitrogens with zero attached hydrogens (tertiary/aromatic N) is 2. The van der Waals surface area contributed by atoms with Crippen LogP contribution in [0.4, 0.5) is 0 Å². The summed E-state index contributed by atoms with van der Waals surface area (Å²) in [5.74, 6) is -1.03. The second-order valence-corrected chi connectivity index (χ2v) is 5.85. The normalized spacial score (nSPS) is 12.5. The highest BCUT2D eigenvalue weighted by Gasteiger charge is 2.16. The van der Waals surface area contributed by atoms with Crippen molar-refractivity contribution < 1.29 is 9.90 Å². The number of aromatic nitrogens is 2. The Hall–Kier alpha value is -1.82. The van der Waals surface area contributed by atoms with Crippen LogP contribution < -0.4 is 5.56 Å². The maximum atomic E-state index is 12.7. The van der Waals surface area contributed by atoms with Crippen LogP contribution in [0.15, 0.2) is 34.2 Å². The molecule has 1 atom stereocenters. The fourth-order valence-electron chi connectivity index (χ4n) is 2.29. The van der Waals surface area contributed by atoms with Gasteiger partial charge in [-0.05, 0) is 25.5 Å². The smallest absolute Gasteiger partial charge is 0.313 e. The van der Waals surface area contributed by atoms with Gasteiger partial charge in [0.25, 0.3) is 5.56 Å². The summed E-state index contributed by atoms with van der Waals surface area (Å²) in [6.07, 6.45) is 1.80. The molecule has 1 N–H and O–H groups in total. The minimum atomic E-state index is -0.919. The van der Waals surface area contributed by atoms with Gasteiger partial charge in [0.05, 0.1) is 16.7 Å². The van der Waals surface area contributed by atoms with Gasteiger partial charge in [-0.25, -0.2) is 4.98 Å². The minimum Gasteiger partial charge on any atom is -0.481 e. The third-order valence-electron chi connectivity index (χ3n) is 3.25. The zero-order valence-corrected chi connectivity index (χ0v) is 12.9. The van der Waals surface area contributed by atoms with Crippen LogP contribution in [0, 0.1) is 0 Å². The first-order valence-electron chi connectivity index (χ1n) is 6.90. The molecule has 1 unspecified atom stereocenters. The molecular formula is C15H18N2O3S. The molecule has 0 radical (unpaired) electrons. The Morgan fingerprint density at radius 2 is 2.14 bits per heavy atom. The van der Waals surface area contributed by atoms with Crippen molar-refractivity contribution in [2.24, 2.45) is 0 Å². The van der Waals surface area contributed by atoms with Crippen LogP contribution >= 0.6 is 11.8 Å². The Kier molecular flexibility index (Phi) is 5.01. The van der Waals surface area contributed by atoms with Crippen LogP contribution in [0.1, 0.15) is 32.7 Å². The molecule has 1 aromatic heterocycles. The Balaban J connectivity index is 2.59. The fraction of sp³-hybridized carbons (Fsp3) is 0.400. The number of benzene rings is 1. The molecule has 0 bridgehead atoms. The average molecular weight is 306 g/mol. The van der Waals surface area contributed by atoms with Crippen molar-refractivity contribution >= 4 is 28.6 Å². The molecule has 112 valence electrons. The molecule has 0 aliphatic heterocycles. The van der Waals surface area contributed by atoms with Crippen LogP contribution in [0.25, 0.3) is 10.9 Å². The molecule has 0 fully saturated rings. The van der Waals surface area contributed by atoms with E-state index in [9.17, 15) is 9.59 Å². The molecule has 6 heteroatoms. The number of carbonyl (C=O) groups is 1. The summed E-state index contributed by atoms with van der Waals surface area (Å²) < 4.78 is 1.62. The summed E-state index contributed by atoms with van der Waals surface area (Å²) in [5.41, 5.74) is 0.504.